The maximum atomic E-state index is 13.0. The van der Waals surface area contributed by atoms with Crippen molar-refractivity contribution < 1.29 is 22.3 Å². The van der Waals surface area contributed by atoms with E-state index < -0.39 is 21.9 Å². The molecule has 0 aromatic heterocycles. The van der Waals surface area contributed by atoms with Gasteiger partial charge in [0.05, 0.1) is 18.4 Å². The standard InChI is InChI=1S/C15H21FN2O4S/c1-23(20,21)18-14(11-4-6-12(16)7-5-11)9-15(19)17-10-13-3-2-8-22-13/h4-7,13-14,18H,2-3,8-10H2,1H3,(H,17,19)/t13-,14-/m0/s1. The van der Waals surface area contributed by atoms with Gasteiger partial charge in [0.25, 0.3) is 0 Å². The minimum absolute atomic E-state index is 0.0195. The Kier molecular flexibility index (Phi) is 6.09. The van der Waals surface area contributed by atoms with Crippen molar-refractivity contribution in [1.82, 2.24) is 10.0 Å². The maximum absolute atomic E-state index is 13.0. The summed E-state index contributed by atoms with van der Waals surface area (Å²) >= 11 is 0. The van der Waals surface area contributed by atoms with Crippen LogP contribution in [0.15, 0.2) is 24.3 Å². The van der Waals surface area contributed by atoms with Crippen molar-refractivity contribution in [2.24, 2.45) is 0 Å². The molecule has 23 heavy (non-hydrogen) atoms. The third kappa shape index (κ3) is 6.25. The molecule has 1 saturated heterocycles. The van der Waals surface area contributed by atoms with Gasteiger partial charge in [0.1, 0.15) is 5.82 Å². The van der Waals surface area contributed by atoms with Gasteiger partial charge < -0.3 is 10.1 Å². The minimum atomic E-state index is -3.51. The van der Waals surface area contributed by atoms with E-state index in [1.54, 1.807) is 0 Å². The number of hydrogen-bond donors (Lipinski definition) is 2. The van der Waals surface area contributed by atoms with Crippen molar-refractivity contribution in [2.75, 3.05) is 19.4 Å². The molecule has 1 heterocycles. The molecule has 0 bridgehead atoms. The fourth-order valence-corrected chi connectivity index (χ4v) is 3.21. The highest BCUT2D eigenvalue weighted by Gasteiger charge is 2.21. The molecule has 128 valence electrons. The molecule has 2 rings (SSSR count). The van der Waals surface area contributed by atoms with Crippen molar-refractivity contribution in [3.8, 4) is 0 Å². The first kappa shape index (κ1) is 17.8. The highest BCUT2D eigenvalue weighted by atomic mass is 32.2. The first-order valence-corrected chi connectivity index (χ1v) is 9.34. The Labute approximate surface area is 135 Å². The number of benzene rings is 1. The van der Waals surface area contributed by atoms with Crippen LogP contribution in [-0.2, 0) is 19.6 Å². The summed E-state index contributed by atoms with van der Waals surface area (Å²) in [6.45, 7) is 1.11. The van der Waals surface area contributed by atoms with E-state index in [4.69, 9.17) is 4.74 Å². The zero-order chi connectivity index (χ0) is 16.9. The zero-order valence-corrected chi connectivity index (χ0v) is 13.7. The topological polar surface area (TPSA) is 84.5 Å². The molecule has 0 unspecified atom stereocenters. The SMILES string of the molecule is CS(=O)(=O)N[C@@H](CC(=O)NC[C@@H]1CCCO1)c1ccc(F)cc1. The molecule has 2 N–H and O–H groups in total. The normalized spacial score (nSPS) is 19.5. The van der Waals surface area contributed by atoms with E-state index in [0.29, 0.717) is 18.7 Å². The van der Waals surface area contributed by atoms with Crippen LogP contribution in [0.4, 0.5) is 4.39 Å². The van der Waals surface area contributed by atoms with Crippen LogP contribution >= 0.6 is 0 Å². The smallest absolute Gasteiger partial charge is 0.222 e. The molecule has 0 spiro atoms. The Morgan fingerprint density at radius 1 is 1.39 bits per heavy atom. The van der Waals surface area contributed by atoms with Crippen molar-refractivity contribution in [3.05, 3.63) is 35.6 Å². The minimum Gasteiger partial charge on any atom is -0.376 e. The van der Waals surface area contributed by atoms with Gasteiger partial charge in [-0.2, -0.15) is 0 Å². The summed E-state index contributed by atoms with van der Waals surface area (Å²) in [6.07, 6.45) is 2.86. The lowest BCUT2D eigenvalue weighted by Gasteiger charge is -2.18. The molecule has 1 aromatic rings. The summed E-state index contributed by atoms with van der Waals surface area (Å²) in [5.74, 6) is -0.708. The molecule has 0 aliphatic carbocycles. The van der Waals surface area contributed by atoms with Crippen LogP contribution in [-0.4, -0.2) is 39.8 Å². The summed E-state index contributed by atoms with van der Waals surface area (Å²) < 4.78 is 43.8. The molecule has 1 fully saturated rings. The van der Waals surface area contributed by atoms with E-state index in [1.807, 2.05) is 0 Å². The summed E-state index contributed by atoms with van der Waals surface area (Å²) in [7, 11) is -3.51. The molecule has 8 heteroatoms. The number of halogens is 1. The van der Waals surface area contributed by atoms with E-state index in [2.05, 4.69) is 10.0 Å². The molecule has 0 radical (unpaired) electrons. The lowest BCUT2D eigenvalue weighted by molar-refractivity contribution is -0.122. The summed E-state index contributed by atoms with van der Waals surface area (Å²) in [6, 6.07) is 4.65. The second-order valence-corrected chi connectivity index (χ2v) is 7.42. The summed E-state index contributed by atoms with van der Waals surface area (Å²) in [4.78, 5) is 12.1. The lowest BCUT2D eigenvalue weighted by Crippen LogP contribution is -2.36. The molecule has 1 aromatic carbocycles. The number of rotatable bonds is 7. The van der Waals surface area contributed by atoms with Gasteiger partial charge in [0.2, 0.25) is 15.9 Å². The fourth-order valence-electron chi connectivity index (χ4n) is 2.47. The molecular weight excluding hydrogens is 323 g/mol. The summed E-state index contributed by atoms with van der Waals surface area (Å²) in [5, 5.41) is 2.75. The average Bonchev–Trinajstić information content (AvgIpc) is 2.97. The predicted octanol–water partition coefficient (Wildman–Crippen LogP) is 1.10. The highest BCUT2D eigenvalue weighted by molar-refractivity contribution is 7.88. The van der Waals surface area contributed by atoms with Gasteiger partial charge in [-0.25, -0.2) is 17.5 Å². The Morgan fingerprint density at radius 2 is 2.09 bits per heavy atom. The third-order valence-electron chi connectivity index (χ3n) is 3.57. The van der Waals surface area contributed by atoms with Crippen LogP contribution < -0.4 is 10.0 Å². The first-order valence-electron chi connectivity index (χ1n) is 7.44. The van der Waals surface area contributed by atoms with Crippen molar-refractivity contribution in [1.29, 1.82) is 0 Å². The fraction of sp³-hybridized carbons (Fsp3) is 0.533. The number of carbonyl (C=O) groups is 1. The van der Waals surface area contributed by atoms with Gasteiger partial charge in [-0.3, -0.25) is 4.79 Å². The molecule has 6 nitrogen and oxygen atoms in total. The van der Waals surface area contributed by atoms with Gasteiger partial charge in [0, 0.05) is 19.6 Å². The van der Waals surface area contributed by atoms with Crippen LogP contribution in [0.5, 0.6) is 0 Å². The highest BCUT2D eigenvalue weighted by Crippen LogP contribution is 2.18. The lowest BCUT2D eigenvalue weighted by atomic mass is 10.0. The van der Waals surface area contributed by atoms with Gasteiger partial charge in [-0.05, 0) is 30.5 Å². The van der Waals surface area contributed by atoms with Gasteiger partial charge in [-0.15, -0.1) is 0 Å². The number of nitrogens with one attached hydrogen (secondary N) is 2. The monoisotopic (exact) mass is 344 g/mol. The predicted molar refractivity (Wildman–Crippen MR) is 83.7 cm³/mol. The van der Waals surface area contributed by atoms with Crippen LogP contribution in [0.2, 0.25) is 0 Å². The average molecular weight is 344 g/mol. The van der Waals surface area contributed by atoms with Crippen molar-refractivity contribution in [3.63, 3.8) is 0 Å². The van der Waals surface area contributed by atoms with E-state index in [9.17, 15) is 17.6 Å². The molecule has 1 aliphatic heterocycles. The molecule has 0 saturated carbocycles. The molecule has 2 atom stereocenters. The van der Waals surface area contributed by atoms with E-state index in [1.165, 1.54) is 24.3 Å². The Bertz CT molecular complexity index is 627. The molecule has 1 aliphatic rings. The molecular formula is C15H21FN2O4S. The van der Waals surface area contributed by atoms with E-state index in [-0.39, 0.29) is 18.4 Å². The van der Waals surface area contributed by atoms with E-state index >= 15 is 0 Å². The Morgan fingerprint density at radius 3 is 2.65 bits per heavy atom. The van der Waals surface area contributed by atoms with Crippen LogP contribution in [0.3, 0.4) is 0 Å². The first-order chi connectivity index (χ1) is 10.8. The van der Waals surface area contributed by atoms with Gasteiger partial charge in [0.15, 0.2) is 0 Å². The van der Waals surface area contributed by atoms with Crippen molar-refractivity contribution >= 4 is 15.9 Å². The Balaban J connectivity index is 1.98. The maximum Gasteiger partial charge on any atom is 0.222 e. The summed E-state index contributed by atoms with van der Waals surface area (Å²) in [5.41, 5.74) is 0.532. The largest absolute Gasteiger partial charge is 0.376 e. The van der Waals surface area contributed by atoms with E-state index in [0.717, 1.165) is 19.1 Å². The second kappa shape index (κ2) is 7.85. The number of ether oxygens (including phenoxy) is 1. The van der Waals surface area contributed by atoms with Crippen LogP contribution in [0.25, 0.3) is 0 Å². The zero-order valence-electron chi connectivity index (χ0n) is 12.9. The third-order valence-corrected chi connectivity index (χ3v) is 4.28. The number of amides is 1. The van der Waals surface area contributed by atoms with Crippen LogP contribution in [0, 0.1) is 5.82 Å². The number of carbonyl (C=O) groups excluding carboxylic acids is 1. The quantitative estimate of drug-likeness (QED) is 0.776. The van der Waals surface area contributed by atoms with Gasteiger partial charge >= 0.3 is 0 Å². The molecule has 1 amide bonds. The number of sulfonamides is 1. The van der Waals surface area contributed by atoms with Crippen molar-refractivity contribution in [2.45, 2.75) is 31.4 Å². The second-order valence-electron chi connectivity index (χ2n) is 5.64. The van der Waals surface area contributed by atoms with Crippen LogP contribution in [0.1, 0.15) is 30.9 Å². The van der Waals surface area contributed by atoms with Gasteiger partial charge in [-0.1, -0.05) is 12.1 Å². The number of hydrogen-bond acceptors (Lipinski definition) is 4. The Hall–Kier alpha value is -1.51.